The molecule has 3 N–H and O–H groups in total. The number of carboxylic acids is 1. The first-order valence-corrected chi connectivity index (χ1v) is 5.96. The number of hydrogen-bond donors (Lipinski definition) is 3. The van der Waals surface area contributed by atoms with Gasteiger partial charge in [-0.25, -0.2) is 24.3 Å². The number of Topliss-reactive ketones (excluding diaryl/α,β-unsaturated/α-hetero) is 1. The second kappa shape index (κ2) is 5.02. The largest absolute Gasteiger partial charge is 0.475 e. The van der Waals surface area contributed by atoms with Gasteiger partial charge in [0.25, 0.3) is 5.78 Å². The number of hydrogen-bond acceptors (Lipinski definition) is 6. The number of imide groups is 1. The molecule has 4 amide bonds. The van der Waals surface area contributed by atoms with E-state index in [1.807, 2.05) is 0 Å². The maximum atomic E-state index is 11.7. The van der Waals surface area contributed by atoms with Gasteiger partial charge in [0.15, 0.2) is 5.13 Å². The molecule has 1 aliphatic rings. The summed E-state index contributed by atoms with van der Waals surface area (Å²) in [5.74, 6) is -2.78. The minimum absolute atomic E-state index is 0.0503. The highest BCUT2D eigenvalue weighted by Crippen LogP contribution is 2.16. The van der Waals surface area contributed by atoms with Crippen LogP contribution in [0.4, 0.5) is 14.7 Å². The third-order valence-electron chi connectivity index (χ3n) is 2.25. The molecule has 0 unspecified atom stereocenters. The Kier molecular flexibility index (Phi) is 3.42. The monoisotopic (exact) mass is 284 g/mol. The Labute approximate surface area is 110 Å². The van der Waals surface area contributed by atoms with E-state index in [-0.39, 0.29) is 17.4 Å². The summed E-state index contributed by atoms with van der Waals surface area (Å²) in [5.41, 5.74) is -0.265. The van der Waals surface area contributed by atoms with Crippen LogP contribution in [0.1, 0.15) is 10.5 Å². The van der Waals surface area contributed by atoms with E-state index in [9.17, 15) is 19.2 Å². The van der Waals surface area contributed by atoms with Crippen molar-refractivity contribution in [1.29, 1.82) is 0 Å². The Morgan fingerprint density at radius 3 is 2.79 bits per heavy atom. The predicted octanol–water partition coefficient (Wildman–Crippen LogP) is -0.0325. The summed E-state index contributed by atoms with van der Waals surface area (Å²) < 4.78 is 0. The van der Waals surface area contributed by atoms with Crippen LogP contribution in [-0.4, -0.2) is 51.9 Å². The quantitative estimate of drug-likeness (QED) is 0.528. The van der Waals surface area contributed by atoms with E-state index in [1.54, 1.807) is 0 Å². The Morgan fingerprint density at radius 2 is 2.21 bits per heavy atom. The van der Waals surface area contributed by atoms with Crippen LogP contribution in [0.5, 0.6) is 0 Å². The summed E-state index contributed by atoms with van der Waals surface area (Å²) >= 11 is 0.898. The van der Waals surface area contributed by atoms with Crippen LogP contribution >= 0.6 is 11.3 Å². The molecule has 0 spiro atoms. The first-order valence-electron chi connectivity index (χ1n) is 5.08. The van der Waals surface area contributed by atoms with Gasteiger partial charge >= 0.3 is 18.0 Å². The zero-order valence-corrected chi connectivity index (χ0v) is 10.2. The van der Waals surface area contributed by atoms with Gasteiger partial charge in [0.2, 0.25) is 0 Å². The molecule has 0 saturated carbocycles. The fourth-order valence-electron chi connectivity index (χ4n) is 1.37. The summed E-state index contributed by atoms with van der Waals surface area (Å²) in [4.78, 5) is 49.0. The molecule has 9 nitrogen and oxygen atoms in total. The van der Waals surface area contributed by atoms with Crippen LogP contribution in [0.15, 0.2) is 5.38 Å². The molecule has 0 radical (unpaired) electrons. The van der Waals surface area contributed by atoms with E-state index in [0.29, 0.717) is 6.54 Å². The van der Waals surface area contributed by atoms with Crippen molar-refractivity contribution in [2.24, 2.45) is 0 Å². The van der Waals surface area contributed by atoms with Gasteiger partial charge in [0.05, 0.1) is 0 Å². The number of carbonyl (C=O) groups excluding carboxylic acids is 3. The van der Waals surface area contributed by atoms with Crippen molar-refractivity contribution < 1.29 is 24.3 Å². The van der Waals surface area contributed by atoms with Crippen LogP contribution in [0.3, 0.4) is 0 Å². The molecule has 0 bridgehead atoms. The SMILES string of the molecule is O=C(O)C(=O)c1csc(NC(=O)N2CCNC2=O)n1. The lowest BCUT2D eigenvalue weighted by atomic mass is 10.3. The Morgan fingerprint density at radius 1 is 1.47 bits per heavy atom. The number of urea groups is 2. The average molecular weight is 284 g/mol. The van der Waals surface area contributed by atoms with Gasteiger partial charge < -0.3 is 10.4 Å². The van der Waals surface area contributed by atoms with Crippen molar-refractivity contribution >= 4 is 40.3 Å². The van der Waals surface area contributed by atoms with Gasteiger partial charge in [-0.3, -0.25) is 10.1 Å². The number of aromatic nitrogens is 1. The van der Waals surface area contributed by atoms with Crippen molar-refractivity contribution in [1.82, 2.24) is 15.2 Å². The molecule has 1 aliphatic heterocycles. The second-order valence-corrected chi connectivity index (χ2v) is 4.34. The number of rotatable bonds is 3. The first kappa shape index (κ1) is 13.0. The van der Waals surface area contributed by atoms with Crippen LogP contribution in [0, 0.1) is 0 Å². The molecule has 10 heteroatoms. The summed E-state index contributed by atoms with van der Waals surface area (Å²) in [6.45, 7) is 0.601. The molecule has 1 aromatic heterocycles. The Bertz CT molecular complexity index is 569. The summed E-state index contributed by atoms with van der Waals surface area (Å²) in [6.07, 6.45) is 0. The molecule has 1 aromatic rings. The van der Waals surface area contributed by atoms with E-state index >= 15 is 0 Å². The van der Waals surface area contributed by atoms with Crippen molar-refractivity contribution in [3.05, 3.63) is 11.1 Å². The number of nitrogens with one attached hydrogen (secondary N) is 2. The zero-order chi connectivity index (χ0) is 14.0. The van der Waals surface area contributed by atoms with Gasteiger partial charge in [0, 0.05) is 18.5 Å². The number of nitrogens with zero attached hydrogens (tertiary/aromatic N) is 2. The first-order chi connectivity index (χ1) is 8.99. The molecule has 1 saturated heterocycles. The number of aliphatic carboxylic acids is 1. The highest BCUT2D eigenvalue weighted by molar-refractivity contribution is 7.14. The normalized spacial score (nSPS) is 14.1. The summed E-state index contributed by atoms with van der Waals surface area (Å²) in [6, 6.07) is -1.20. The smallest absolute Gasteiger partial charge is 0.378 e. The van der Waals surface area contributed by atoms with Gasteiger partial charge in [-0.05, 0) is 0 Å². The number of amides is 4. The van der Waals surface area contributed by atoms with Gasteiger partial charge in [0.1, 0.15) is 5.69 Å². The Hall–Kier alpha value is -2.49. The average Bonchev–Trinajstić information content (AvgIpc) is 2.97. The van der Waals surface area contributed by atoms with E-state index in [2.05, 4.69) is 15.6 Å². The number of anilines is 1. The number of ketones is 1. The summed E-state index contributed by atoms with van der Waals surface area (Å²) in [5, 5.41) is 14.5. The van der Waals surface area contributed by atoms with Crippen molar-refractivity contribution in [3.63, 3.8) is 0 Å². The van der Waals surface area contributed by atoms with Crippen LogP contribution < -0.4 is 10.6 Å². The minimum atomic E-state index is -1.62. The highest BCUT2D eigenvalue weighted by Gasteiger charge is 2.27. The van der Waals surface area contributed by atoms with Crippen molar-refractivity contribution in [2.75, 3.05) is 18.4 Å². The molecule has 1 fully saturated rings. The molecular formula is C9H8N4O5S. The molecule has 0 atom stereocenters. The number of thiazole rings is 1. The maximum Gasteiger partial charge on any atom is 0.378 e. The third kappa shape index (κ3) is 2.68. The molecule has 2 heterocycles. The molecule has 2 rings (SSSR count). The maximum absolute atomic E-state index is 11.7. The van der Waals surface area contributed by atoms with E-state index in [0.717, 1.165) is 16.2 Å². The van der Waals surface area contributed by atoms with E-state index < -0.39 is 23.8 Å². The van der Waals surface area contributed by atoms with Crippen LogP contribution in [0.2, 0.25) is 0 Å². The van der Waals surface area contributed by atoms with Crippen molar-refractivity contribution in [2.45, 2.75) is 0 Å². The molecule has 100 valence electrons. The van der Waals surface area contributed by atoms with Gasteiger partial charge in [-0.2, -0.15) is 0 Å². The van der Waals surface area contributed by atoms with E-state index in [1.165, 1.54) is 5.38 Å². The highest BCUT2D eigenvalue weighted by atomic mass is 32.1. The molecular weight excluding hydrogens is 276 g/mol. The molecule has 0 aromatic carbocycles. The van der Waals surface area contributed by atoms with Crippen LogP contribution in [-0.2, 0) is 4.79 Å². The standard InChI is InChI=1S/C9H8N4O5S/c14-5(6(15)16)4-3-19-7(11-4)12-9(18)13-2-1-10-8(13)17/h3H,1-2H2,(H,10,17)(H,15,16)(H,11,12,18). The molecule has 19 heavy (non-hydrogen) atoms. The minimum Gasteiger partial charge on any atom is -0.475 e. The fourth-order valence-corrected chi connectivity index (χ4v) is 2.05. The predicted molar refractivity (Wildman–Crippen MR) is 63.2 cm³/mol. The summed E-state index contributed by atoms with van der Waals surface area (Å²) in [7, 11) is 0. The topological polar surface area (TPSA) is 129 Å². The lowest BCUT2D eigenvalue weighted by Crippen LogP contribution is -2.37. The van der Waals surface area contributed by atoms with Gasteiger partial charge in [-0.1, -0.05) is 0 Å². The van der Waals surface area contributed by atoms with Gasteiger partial charge in [-0.15, -0.1) is 11.3 Å². The van der Waals surface area contributed by atoms with Crippen LogP contribution in [0.25, 0.3) is 0 Å². The number of carbonyl (C=O) groups is 4. The van der Waals surface area contributed by atoms with E-state index in [4.69, 9.17) is 5.11 Å². The Balaban J connectivity index is 2.04. The lowest BCUT2D eigenvalue weighted by Gasteiger charge is -2.11. The number of carboxylic acid groups (broad SMARTS) is 1. The third-order valence-corrected chi connectivity index (χ3v) is 3.00. The fraction of sp³-hybridized carbons (Fsp3) is 0.222. The lowest BCUT2D eigenvalue weighted by molar-refractivity contribution is -0.131. The second-order valence-electron chi connectivity index (χ2n) is 3.49. The zero-order valence-electron chi connectivity index (χ0n) is 9.37. The molecule has 0 aliphatic carbocycles. The van der Waals surface area contributed by atoms with Crippen molar-refractivity contribution in [3.8, 4) is 0 Å².